The maximum absolute atomic E-state index is 11.1. The normalized spacial score (nSPS) is 17.0. The Bertz CT molecular complexity index is 798. The molecule has 0 fully saturated rings. The number of rotatable bonds is 5. The van der Waals surface area contributed by atoms with Crippen molar-refractivity contribution in [3.05, 3.63) is 51.3 Å². The predicted molar refractivity (Wildman–Crippen MR) is 94.1 cm³/mol. The molecule has 126 valence electrons. The second kappa shape index (κ2) is 6.64. The van der Waals surface area contributed by atoms with Gasteiger partial charge in [0.2, 0.25) is 0 Å². The topological polar surface area (TPSA) is 82.5 Å². The first kappa shape index (κ1) is 16.5. The summed E-state index contributed by atoms with van der Waals surface area (Å²) >= 11 is 1.68. The number of aliphatic imine (C=N–C) groups is 1. The molecule has 1 atom stereocenters. The average Bonchev–Trinajstić information content (AvgIpc) is 3.13. The molecule has 1 aliphatic heterocycles. The van der Waals surface area contributed by atoms with Crippen LogP contribution in [-0.4, -0.2) is 38.7 Å². The summed E-state index contributed by atoms with van der Waals surface area (Å²) in [5.74, 6) is 0.814. The van der Waals surface area contributed by atoms with Gasteiger partial charge in [0.05, 0.1) is 35.4 Å². The third-order valence-electron chi connectivity index (χ3n) is 3.96. The van der Waals surface area contributed by atoms with E-state index in [2.05, 4.69) is 10.1 Å². The van der Waals surface area contributed by atoms with Crippen molar-refractivity contribution in [2.24, 2.45) is 4.99 Å². The zero-order valence-electron chi connectivity index (χ0n) is 13.7. The Morgan fingerprint density at radius 3 is 2.67 bits per heavy atom. The van der Waals surface area contributed by atoms with Crippen molar-refractivity contribution in [3.63, 3.8) is 0 Å². The molecule has 1 aromatic heterocycles. The first-order valence-corrected chi connectivity index (χ1v) is 8.41. The molecule has 7 nitrogen and oxygen atoms in total. The Morgan fingerprint density at radius 2 is 2.08 bits per heavy atom. The van der Waals surface area contributed by atoms with Gasteiger partial charge in [-0.3, -0.25) is 19.8 Å². The van der Waals surface area contributed by atoms with Crippen molar-refractivity contribution >= 4 is 22.5 Å². The predicted octanol–water partition coefficient (Wildman–Crippen LogP) is 2.98. The Hall–Kier alpha value is -2.35. The third kappa shape index (κ3) is 3.14. The van der Waals surface area contributed by atoms with Gasteiger partial charge in [-0.15, -0.1) is 0 Å². The monoisotopic (exact) mass is 346 g/mol. The average molecular weight is 346 g/mol. The molecule has 0 bridgehead atoms. The van der Waals surface area contributed by atoms with E-state index in [-0.39, 0.29) is 15.9 Å². The van der Waals surface area contributed by atoms with Crippen LogP contribution in [0.25, 0.3) is 0 Å². The van der Waals surface area contributed by atoms with Gasteiger partial charge < -0.3 is 4.74 Å². The Balaban J connectivity index is 1.69. The van der Waals surface area contributed by atoms with Crippen molar-refractivity contribution in [2.75, 3.05) is 13.7 Å². The fourth-order valence-corrected chi connectivity index (χ4v) is 3.83. The summed E-state index contributed by atoms with van der Waals surface area (Å²) < 4.78 is 6.88. The van der Waals surface area contributed by atoms with Gasteiger partial charge >= 0.3 is 5.69 Å². The fraction of sp³-hybridized carbons (Fsp3) is 0.375. The minimum Gasteiger partial charge on any atom is -0.497 e. The van der Waals surface area contributed by atoms with E-state index >= 15 is 0 Å². The van der Waals surface area contributed by atoms with E-state index < -0.39 is 0 Å². The van der Waals surface area contributed by atoms with Crippen LogP contribution in [0.3, 0.4) is 0 Å². The van der Waals surface area contributed by atoms with E-state index in [4.69, 9.17) is 4.74 Å². The smallest absolute Gasteiger partial charge is 0.312 e. The van der Waals surface area contributed by atoms with Crippen LogP contribution >= 0.6 is 11.8 Å². The van der Waals surface area contributed by atoms with Gasteiger partial charge in [-0.2, -0.15) is 5.10 Å². The molecular weight excluding hydrogens is 328 g/mol. The van der Waals surface area contributed by atoms with E-state index in [1.54, 1.807) is 37.4 Å². The van der Waals surface area contributed by atoms with Gasteiger partial charge in [-0.25, -0.2) is 0 Å². The minimum atomic E-state index is -0.366. The van der Waals surface area contributed by atoms with E-state index in [1.165, 1.54) is 0 Å². The van der Waals surface area contributed by atoms with Crippen LogP contribution in [0.15, 0.2) is 29.3 Å². The van der Waals surface area contributed by atoms with Gasteiger partial charge in [0.15, 0.2) is 0 Å². The zero-order valence-corrected chi connectivity index (χ0v) is 14.5. The second-order valence-corrected chi connectivity index (χ2v) is 6.86. The van der Waals surface area contributed by atoms with E-state index in [1.807, 2.05) is 24.3 Å². The summed E-state index contributed by atoms with van der Waals surface area (Å²) in [6.45, 7) is 4.69. The molecular formula is C16H18N4O3S. The number of thioether (sulfide) groups is 1. The molecule has 0 amide bonds. The quantitative estimate of drug-likeness (QED) is 0.614. The van der Waals surface area contributed by atoms with Crippen LogP contribution in [0.5, 0.6) is 5.75 Å². The number of aryl methyl sites for hydroxylation is 1. The fourth-order valence-electron chi connectivity index (χ4n) is 2.73. The Morgan fingerprint density at radius 1 is 1.38 bits per heavy atom. The molecule has 0 radical (unpaired) electrons. The molecule has 1 aromatic carbocycles. The highest BCUT2D eigenvalue weighted by atomic mass is 32.2. The molecule has 2 aromatic rings. The highest BCUT2D eigenvalue weighted by Crippen LogP contribution is 2.29. The number of nitrogens with zero attached hydrogens (tertiary/aromatic N) is 4. The van der Waals surface area contributed by atoms with E-state index in [0.717, 1.165) is 16.4 Å². The molecule has 0 spiro atoms. The number of ether oxygens (including phenoxy) is 1. The van der Waals surface area contributed by atoms with Gasteiger partial charge in [-0.1, -0.05) is 11.8 Å². The molecule has 0 saturated carbocycles. The summed E-state index contributed by atoms with van der Waals surface area (Å²) in [6, 6.07) is 7.80. The van der Waals surface area contributed by atoms with Crippen LogP contribution in [-0.2, 0) is 6.54 Å². The summed E-state index contributed by atoms with van der Waals surface area (Å²) in [5.41, 5.74) is 2.21. The number of hydrogen-bond donors (Lipinski definition) is 0. The Kier molecular flexibility index (Phi) is 4.57. The van der Waals surface area contributed by atoms with Gasteiger partial charge in [0, 0.05) is 5.56 Å². The molecule has 1 unspecified atom stereocenters. The summed E-state index contributed by atoms with van der Waals surface area (Å²) in [4.78, 5) is 15.3. The van der Waals surface area contributed by atoms with Crippen molar-refractivity contribution < 1.29 is 9.66 Å². The molecule has 0 saturated heterocycles. The molecule has 0 aliphatic carbocycles. The first-order chi connectivity index (χ1) is 11.5. The van der Waals surface area contributed by atoms with Crippen LogP contribution in [0.1, 0.15) is 17.0 Å². The lowest BCUT2D eigenvalue weighted by atomic mass is 10.2. The lowest BCUT2D eigenvalue weighted by molar-refractivity contribution is -0.386. The minimum absolute atomic E-state index is 0.106. The van der Waals surface area contributed by atoms with Gasteiger partial charge in [-0.05, 0) is 38.1 Å². The number of hydrogen-bond acceptors (Lipinski definition) is 6. The maximum Gasteiger partial charge on any atom is 0.312 e. The second-order valence-electron chi connectivity index (χ2n) is 5.57. The van der Waals surface area contributed by atoms with Gasteiger partial charge in [0.25, 0.3) is 0 Å². The first-order valence-electron chi connectivity index (χ1n) is 7.53. The third-order valence-corrected chi connectivity index (χ3v) is 5.18. The highest BCUT2D eigenvalue weighted by molar-refractivity contribution is 8.15. The number of methoxy groups -OCH3 is 1. The number of aromatic nitrogens is 2. The van der Waals surface area contributed by atoms with Crippen molar-refractivity contribution in [2.45, 2.75) is 25.6 Å². The SMILES string of the molecule is COc1ccc(C2=NCC(Cn3nc(C)c([N+](=O)[O-])c3C)S2)cc1. The number of benzene rings is 1. The maximum atomic E-state index is 11.1. The van der Waals surface area contributed by atoms with Crippen molar-refractivity contribution in [3.8, 4) is 5.75 Å². The van der Waals surface area contributed by atoms with Gasteiger partial charge in [0.1, 0.15) is 17.1 Å². The molecule has 0 N–H and O–H groups in total. The summed E-state index contributed by atoms with van der Waals surface area (Å²) in [7, 11) is 1.64. The molecule has 3 rings (SSSR count). The van der Waals surface area contributed by atoms with Crippen LogP contribution < -0.4 is 4.74 Å². The Labute approximate surface area is 143 Å². The zero-order chi connectivity index (χ0) is 17.3. The standard InChI is InChI=1S/C16H18N4O3S/c1-10-15(20(21)22)11(2)19(18-10)9-14-8-17-16(24-14)12-4-6-13(23-3)7-5-12/h4-7,14H,8-9H2,1-3H3. The van der Waals surface area contributed by atoms with Crippen LogP contribution in [0.4, 0.5) is 5.69 Å². The molecule has 2 heterocycles. The lowest BCUT2D eigenvalue weighted by Crippen LogP contribution is -2.16. The van der Waals surface area contributed by atoms with Crippen LogP contribution in [0, 0.1) is 24.0 Å². The highest BCUT2D eigenvalue weighted by Gasteiger charge is 2.26. The summed E-state index contributed by atoms with van der Waals surface area (Å²) in [5, 5.41) is 16.6. The van der Waals surface area contributed by atoms with Crippen molar-refractivity contribution in [1.82, 2.24) is 9.78 Å². The molecule has 24 heavy (non-hydrogen) atoms. The lowest BCUT2D eigenvalue weighted by Gasteiger charge is -2.10. The molecule has 1 aliphatic rings. The van der Waals surface area contributed by atoms with Crippen molar-refractivity contribution in [1.29, 1.82) is 0 Å². The molecule has 8 heteroatoms. The van der Waals surface area contributed by atoms with E-state index in [0.29, 0.717) is 24.5 Å². The number of nitro groups is 1. The largest absolute Gasteiger partial charge is 0.497 e. The van der Waals surface area contributed by atoms with Crippen LogP contribution in [0.2, 0.25) is 0 Å². The summed E-state index contributed by atoms with van der Waals surface area (Å²) in [6.07, 6.45) is 0. The van der Waals surface area contributed by atoms with E-state index in [9.17, 15) is 10.1 Å².